The standard InChI is InChI=1S/C12H20N2/c1-4-11(9(2)3)14-12-8-6-5-7-10(12)13/h5-9,11,14H,4,13H2,1-3H3. The molecule has 1 aromatic carbocycles. The zero-order valence-electron chi connectivity index (χ0n) is 9.25. The van der Waals surface area contributed by atoms with E-state index in [9.17, 15) is 0 Å². The van der Waals surface area contributed by atoms with E-state index in [-0.39, 0.29) is 0 Å². The number of para-hydroxylation sites is 2. The number of nitrogens with two attached hydrogens (primary N) is 1. The zero-order chi connectivity index (χ0) is 10.6. The summed E-state index contributed by atoms with van der Waals surface area (Å²) in [5.74, 6) is 0.625. The molecule has 0 amide bonds. The lowest BCUT2D eigenvalue weighted by atomic mass is 10.0. The molecular weight excluding hydrogens is 172 g/mol. The Morgan fingerprint density at radius 3 is 2.43 bits per heavy atom. The summed E-state index contributed by atoms with van der Waals surface area (Å²) in [7, 11) is 0. The van der Waals surface area contributed by atoms with Crippen LogP contribution in [0.15, 0.2) is 24.3 Å². The molecule has 1 unspecified atom stereocenters. The molecule has 0 fully saturated rings. The molecule has 1 aromatic rings. The topological polar surface area (TPSA) is 38.0 Å². The minimum absolute atomic E-state index is 0.500. The van der Waals surface area contributed by atoms with E-state index < -0.39 is 0 Å². The first-order valence-electron chi connectivity index (χ1n) is 5.26. The molecule has 0 saturated carbocycles. The molecule has 1 rings (SSSR count). The molecule has 0 heterocycles. The van der Waals surface area contributed by atoms with Gasteiger partial charge in [-0.3, -0.25) is 0 Å². The van der Waals surface area contributed by atoms with Crippen LogP contribution in [-0.4, -0.2) is 6.04 Å². The SMILES string of the molecule is CCC(Nc1ccccc1N)C(C)C. The highest BCUT2D eigenvalue weighted by atomic mass is 14.9. The fourth-order valence-electron chi connectivity index (χ4n) is 1.57. The van der Waals surface area contributed by atoms with Crippen LogP contribution in [-0.2, 0) is 0 Å². The first-order chi connectivity index (χ1) is 6.65. The van der Waals surface area contributed by atoms with E-state index in [4.69, 9.17) is 5.73 Å². The molecule has 0 aliphatic carbocycles. The van der Waals surface area contributed by atoms with Gasteiger partial charge in [0.2, 0.25) is 0 Å². The maximum Gasteiger partial charge on any atom is 0.0576 e. The normalized spacial score (nSPS) is 12.9. The largest absolute Gasteiger partial charge is 0.397 e. The third-order valence-electron chi connectivity index (χ3n) is 2.55. The molecule has 0 bridgehead atoms. The van der Waals surface area contributed by atoms with E-state index in [0.717, 1.165) is 17.8 Å². The monoisotopic (exact) mass is 192 g/mol. The second kappa shape index (κ2) is 4.89. The predicted octanol–water partition coefficient (Wildman–Crippen LogP) is 3.12. The summed E-state index contributed by atoms with van der Waals surface area (Å²) in [5, 5.41) is 3.47. The molecule has 0 aliphatic heterocycles. The molecule has 3 N–H and O–H groups in total. The van der Waals surface area contributed by atoms with Crippen molar-refractivity contribution in [1.82, 2.24) is 0 Å². The molecule has 0 saturated heterocycles. The molecule has 0 aromatic heterocycles. The number of hydrogen-bond acceptors (Lipinski definition) is 2. The van der Waals surface area contributed by atoms with Crippen molar-refractivity contribution in [3.63, 3.8) is 0 Å². The van der Waals surface area contributed by atoms with Gasteiger partial charge < -0.3 is 11.1 Å². The van der Waals surface area contributed by atoms with E-state index in [1.807, 2.05) is 24.3 Å². The predicted molar refractivity (Wildman–Crippen MR) is 63.4 cm³/mol. The Bertz CT molecular complexity index is 281. The van der Waals surface area contributed by atoms with Crippen LogP contribution in [0.5, 0.6) is 0 Å². The number of anilines is 2. The molecule has 78 valence electrons. The van der Waals surface area contributed by atoms with E-state index in [1.54, 1.807) is 0 Å². The van der Waals surface area contributed by atoms with Gasteiger partial charge in [-0.1, -0.05) is 32.9 Å². The van der Waals surface area contributed by atoms with Crippen molar-refractivity contribution in [3.05, 3.63) is 24.3 Å². The summed E-state index contributed by atoms with van der Waals surface area (Å²) < 4.78 is 0. The highest BCUT2D eigenvalue weighted by Gasteiger charge is 2.11. The fraction of sp³-hybridized carbons (Fsp3) is 0.500. The maximum absolute atomic E-state index is 5.86. The first kappa shape index (κ1) is 10.9. The summed E-state index contributed by atoms with van der Waals surface area (Å²) in [6, 6.07) is 8.41. The van der Waals surface area contributed by atoms with E-state index >= 15 is 0 Å². The van der Waals surface area contributed by atoms with Gasteiger partial charge in [-0.2, -0.15) is 0 Å². The van der Waals surface area contributed by atoms with Crippen molar-refractivity contribution in [3.8, 4) is 0 Å². The lowest BCUT2D eigenvalue weighted by Crippen LogP contribution is -2.24. The lowest BCUT2D eigenvalue weighted by molar-refractivity contribution is 0.511. The second-order valence-corrected chi connectivity index (χ2v) is 3.99. The Morgan fingerprint density at radius 2 is 1.93 bits per heavy atom. The van der Waals surface area contributed by atoms with Gasteiger partial charge in [0, 0.05) is 6.04 Å². The van der Waals surface area contributed by atoms with Gasteiger partial charge in [0.05, 0.1) is 11.4 Å². The highest BCUT2D eigenvalue weighted by Crippen LogP contribution is 2.20. The van der Waals surface area contributed by atoms with Gasteiger partial charge in [0.1, 0.15) is 0 Å². The summed E-state index contributed by atoms with van der Waals surface area (Å²) in [6.07, 6.45) is 1.12. The molecule has 2 nitrogen and oxygen atoms in total. The van der Waals surface area contributed by atoms with Gasteiger partial charge in [-0.25, -0.2) is 0 Å². The first-order valence-corrected chi connectivity index (χ1v) is 5.26. The number of nitrogens with one attached hydrogen (secondary N) is 1. The van der Waals surface area contributed by atoms with Crippen molar-refractivity contribution in [2.45, 2.75) is 33.2 Å². The Balaban J connectivity index is 2.72. The average molecular weight is 192 g/mol. The van der Waals surface area contributed by atoms with Crippen molar-refractivity contribution >= 4 is 11.4 Å². The van der Waals surface area contributed by atoms with E-state index in [0.29, 0.717) is 12.0 Å². The van der Waals surface area contributed by atoms with Gasteiger partial charge in [-0.15, -0.1) is 0 Å². The minimum atomic E-state index is 0.500. The minimum Gasteiger partial charge on any atom is -0.397 e. The Hall–Kier alpha value is -1.18. The van der Waals surface area contributed by atoms with E-state index in [2.05, 4.69) is 26.1 Å². The highest BCUT2D eigenvalue weighted by molar-refractivity contribution is 5.65. The molecule has 0 spiro atoms. The molecule has 0 aliphatic rings. The molecule has 14 heavy (non-hydrogen) atoms. The lowest BCUT2D eigenvalue weighted by Gasteiger charge is -2.22. The van der Waals surface area contributed by atoms with Gasteiger partial charge in [0.15, 0.2) is 0 Å². The fourth-order valence-corrected chi connectivity index (χ4v) is 1.57. The van der Waals surface area contributed by atoms with Crippen molar-refractivity contribution in [2.24, 2.45) is 5.92 Å². The van der Waals surface area contributed by atoms with Crippen LogP contribution in [0.25, 0.3) is 0 Å². The van der Waals surface area contributed by atoms with Crippen LogP contribution < -0.4 is 11.1 Å². The quantitative estimate of drug-likeness (QED) is 0.719. The molecular formula is C12H20N2. The molecule has 0 radical (unpaired) electrons. The van der Waals surface area contributed by atoms with Crippen molar-refractivity contribution < 1.29 is 0 Å². The van der Waals surface area contributed by atoms with Gasteiger partial charge >= 0.3 is 0 Å². The Labute approximate surface area is 86.5 Å². The van der Waals surface area contributed by atoms with E-state index in [1.165, 1.54) is 0 Å². The number of nitrogen functional groups attached to an aromatic ring is 1. The summed E-state index contributed by atoms with van der Waals surface area (Å²) in [4.78, 5) is 0. The maximum atomic E-state index is 5.86. The van der Waals surface area contributed by atoms with Gasteiger partial charge in [0.25, 0.3) is 0 Å². The molecule has 2 heteroatoms. The average Bonchev–Trinajstić information content (AvgIpc) is 2.16. The smallest absolute Gasteiger partial charge is 0.0576 e. The number of hydrogen-bond donors (Lipinski definition) is 2. The van der Waals surface area contributed by atoms with Crippen LogP contribution in [0.4, 0.5) is 11.4 Å². The van der Waals surface area contributed by atoms with Gasteiger partial charge in [-0.05, 0) is 24.5 Å². The van der Waals surface area contributed by atoms with Crippen LogP contribution in [0.2, 0.25) is 0 Å². The van der Waals surface area contributed by atoms with Crippen molar-refractivity contribution in [2.75, 3.05) is 11.1 Å². The number of benzene rings is 1. The Kier molecular flexibility index (Phi) is 3.81. The van der Waals surface area contributed by atoms with Crippen LogP contribution >= 0.6 is 0 Å². The third-order valence-corrected chi connectivity index (χ3v) is 2.55. The third kappa shape index (κ3) is 2.66. The van der Waals surface area contributed by atoms with Crippen LogP contribution in [0.3, 0.4) is 0 Å². The second-order valence-electron chi connectivity index (χ2n) is 3.99. The summed E-state index contributed by atoms with van der Waals surface area (Å²) in [6.45, 7) is 6.64. The van der Waals surface area contributed by atoms with Crippen molar-refractivity contribution in [1.29, 1.82) is 0 Å². The summed E-state index contributed by atoms with van der Waals surface area (Å²) in [5.41, 5.74) is 7.74. The van der Waals surface area contributed by atoms with Crippen LogP contribution in [0.1, 0.15) is 27.2 Å². The Morgan fingerprint density at radius 1 is 1.29 bits per heavy atom. The number of rotatable bonds is 4. The van der Waals surface area contributed by atoms with Crippen LogP contribution in [0, 0.1) is 5.92 Å². The summed E-state index contributed by atoms with van der Waals surface area (Å²) >= 11 is 0. The molecule has 1 atom stereocenters. The zero-order valence-corrected chi connectivity index (χ0v) is 9.25.